The molecule has 2 aliphatic heterocycles. The van der Waals surface area contributed by atoms with Crippen molar-refractivity contribution in [3.8, 4) is 11.5 Å². The summed E-state index contributed by atoms with van der Waals surface area (Å²) in [6, 6.07) is 13.4. The summed E-state index contributed by atoms with van der Waals surface area (Å²) in [5, 5.41) is 19.4. The smallest absolute Gasteiger partial charge is 0.300 e. The van der Waals surface area contributed by atoms with E-state index in [-0.39, 0.29) is 5.92 Å². The number of para-hydroxylation sites is 1. The molecule has 2 aromatic rings. The normalized spacial score (nSPS) is 23.9. The minimum atomic E-state index is -0.943. The minimum absolute atomic E-state index is 0.00104. The second-order valence-corrected chi connectivity index (χ2v) is 6.91. The lowest BCUT2D eigenvalue weighted by molar-refractivity contribution is -0.134. The van der Waals surface area contributed by atoms with Gasteiger partial charge in [0.1, 0.15) is 17.1 Å². The third kappa shape index (κ3) is 3.35. The fourth-order valence-corrected chi connectivity index (χ4v) is 3.76. The highest BCUT2D eigenvalue weighted by Crippen LogP contribution is 2.52. The van der Waals surface area contributed by atoms with Crippen molar-refractivity contribution in [1.29, 1.82) is 0 Å². The maximum absolute atomic E-state index is 11.4. The van der Waals surface area contributed by atoms with E-state index in [0.717, 1.165) is 30.3 Å². The van der Waals surface area contributed by atoms with E-state index in [1.165, 1.54) is 0 Å². The summed E-state index contributed by atoms with van der Waals surface area (Å²) >= 11 is 6.10. The Bertz CT molecular complexity index is 806. The molecule has 4 rings (SSSR count). The summed E-state index contributed by atoms with van der Waals surface area (Å²) in [6.07, 6.45) is 0. The number of likely N-dealkylation sites (N-methyl/N-ethyl adjacent to an activating group) is 1. The van der Waals surface area contributed by atoms with E-state index < -0.39 is 11.6 Å². The first-order valence-corrected chi connectivity index (χ1v) is 8.36. The topological polar surface area (TPSA) is 70.0 Å². The van der Waals surface area contributed by atoms with Gasteiger partial charge in [-0.1, -0.05) is 35.9 Å². The number of ether oxygens (including phenoxy) is 1. The van der Waals surface area contributed by atoms with E-state index in [1.807, 2.05) is 43.4 Å². The standard InChI is InChI=1S/C17H16ClNO2.C2H4O2/c1-19-9-14-12-4-2-3-5-15(12)21-16-8-11(18)6-7-13(16)17(14,20)10-19;1-2(3)4/h2-8,14,20H,9-10H2,1H3;1H3,(H,3,4)/t14-,17-;/m1./s1. The third-order valence-electron chi connectivity index (χ3n) is 4.51. The molecule has 0 saturated carbocycles. The maximum atomic E-state index is 11.4. The summed E-state index contributed by atoms with van der Waals surface area (Å²) < 4.78 is 6.06. The molecule has 0 bridgehead atoms. The second kappa shape index (κ2) is 6.67. The average molecular weight is 362 g/mol. The van der Waals surface area contributed by atoms with Crippen molar-refractivity contribution in [2.24, 2.45) is 0 Å². The molecule has 0 spiro atoms. The number of carboxylic acids is 1. The molecular weight excluding hydrogens is 342 g/mol. The van der Waals surface area contributed by atoms with Crippen LogP contribution in [0.3, 0.4) is 0 Å². The Labute approximate surface area is 151 Å². The Morgan fingerprint density at radius 1 is 1.28 bits per heavy atom. The molecule has 2 aliphatic rings. The van der Waals surface area contributed by atoms with E-state index in [4.69, 9.17) is 26.2 Å². The van der Waals surface area contributed by atoms with Gasteiger partial charge in [0.25, 0.3) is 5.97 Å². The summed E-state index contributed by atoms with van der Waals surface area (Å²) in [7, 11) is 2.03. The number of hydrogen-bond acceptors (Lipinski definition) is 4. The Balaban J connectivity index is 0.000000415. The number of β-amino-alcohol motifs (C(OH)–C–C–N with tert-alkyl or cyclic N) is 1. The summed E-state index contributed by atoms with van der Waals surface area (Å²) in [6.45, 7) is 2.48. The molecule has 0 unspecified atom stereocenters. The molecule has 2 heterocycles. The second-order valence-electron chi connectivity index (χ2n) is 6.47. The first kappa shape index (κ1) is 17.7. The largest absolute Gasteiger partial charge is 0.481 e. The van der Waals surface area contributed by atoms with E-state index in [9.17, 15) is 5.11 Å². The van der Waals surface area contributed by atoms with Crippen molar-refractivity contribution >= 4 is 17.6 Å². The van der Waals surface area contributed by atoms with Crippen LogP contribution in [-0.2, 0) is 10.4 Å². The quantitative estimate of drug-likeness (QED) is 0.752. The van der Waals surface area contributed by atoms with Crippen LogP contribution in [0.5, 0.6) is 11.5 Å². The molecule has 6 heteroatoms. The Kier molecular flexibility index (Phi) is 4.73. The van der Waals surface area contributed by atoms with Crippen LogP contribution in [0.1, 0.15) is 24.0 Å². The van der Waals surface area contributed by atoms with Crippen LogP contribution in [-0.4, -0.2) is 41.2 Å². The van der Waals surface area contributed by atoms with Crippen LogP contribution < -0.4 is 4.74 Å². The maximum Gasteiger partial charge on any atom is 0.300 e. The molecule has 1 fully saturated rings. The number of benzene rings is 2. The molecule has 2 N–H and O–H groups in total. The number of aliphatic hydroxyl groups is 1. The lowest BCUT2D eigenvalue weighted by atomic mass is 9.80. The van der Waals surface area contributed by atoms with Gasteiger partial charge >= 0.3 is 0 Å². The molecule has 0 amide bonds. The molecule has 0 aromatic heterocycles. The molecular formula is C19H20ClNO4. The Morgan fingerprint density at radius 3 is 2.68 bits per heavy atom. The minimum Gasteiger partial charge on any atom is -0.481 e. The van der Waals surface area contributed by atoms with E-state index in [2.05, 4.69) is 4.90 Å². The van der Waals surface area contributed by atoms with Crippen LogP contribution in [0, 0.1) is 0 Å². The number of carboxylic acid groups (broad SMARTS) is 1. The Hall–Kier alpha value is -2.08. The molecule has 2 atom stereocenters. The molecule has 132 valence electrons. The van der Waals surface area contributed by atoms with Crippen molar-refractivity contribution in [3.05, 3.63) is 58.6 Å². The van der Waals surface area contributed by atoms with Gasteiger partial charge < -0.3 is 19.8 Å². The van der Waals surface area contributed by atoms with Crippen LogP contribution >= 0.6 is 11.6 Å². The first-order valence-electron chi connectivity index (χ1n) is 7.98. The average Bonchev–Trinajstić information content (AvgIpc) is 2.78. The van der Waals surface area contributed by atoms with Gasteiger partial charge in [-0.2, -0.15) is 0 Å². The van der Waals surface area contributed by atoms with Gasteiger partial charge in [-0.15, -0.1) is 0 Å². The summed E-state index contributed by atoms with van der Waals surface area (Å²) in [5.41, 5.74) is 0.926. The number of aliphatic carboxylic acids is 1. The van der Waals surface area contributed by atoms with Crippen LogP contribution in [0.2, 0.25) is 5.02 Å². The first-order chi connectivity index (χ1) is 11.8. The van der Waals surface area contributed by atoms with Crippen LogP contribution in [0.15, 0.2) is 42.5 Å². The molecule has 5 nitrogen and oxygen atoms in total. The predicted molar refractivity (Wildman–Crippen MR) is 95.4 cm³/mol. The van der Waals surface area contributed by atoms with Gasteiger partial charge in [0.05, 0.1) is 0 Å². The zero-order chi connectivity index (χ0) is 18.2. The molecule has 2 aromatic carbocycles. The van der Waals surface area contributed by atoms with Crippen molar-refractivity contribution in [2.75, 3.05) is 20.1 Å². The molecule has 25 heavy (non-hydrogen) atoms. The SMILES string of the molecule is CC(=O)O.CN1C[C@@H]2c3ccccc3Oc3cc(Cl)ccc3[C@]2(O)C1. The molecule has 0 aliphatic carbocycles. The number of carbonyl (C=O) groups is 1. The van der Waals surface area contributed by atoms with Crippen LogP contribution in [0.25, 0.3) is 0 Å². The number of halogens is 1. The van der Waals surface area contributed by atoms with Gasteiger partial charge in [-0.05, 0) is 25.2 Å². The number of rotatable bonds is 0. The van der Waals surface area contributed by atoms with Crippen molar-refractivity contribution in [1.82, 2.24) is 4.90 Å². The number of likely N-dealkylation sites (tertiary alicyclic amines) is 1. The third-order valence-corrected chi connectivity index (χ3v) is 4.74. The van der Waals surface area contributed by atoms with E-state index >= 15 is 0 Å². The zero-order valence-electron chi connectivity index (χ0n) is 14.1. The van der Waals surface area contributed by atoms with Crippen molar-refractivity contribution < 1.29 is 19.7 Å². The number of hydrogen-bond donors (Lipinski definition) is 2. The fraction of sp³-hybridized carbons (Fsp3) is 0.316. The highest BCUT2D eigenvalue weighted by atomic mass is 35.5. The monoisotopic (exact) mass is 361 g/mol. The summed E-state index contributed by atoms with van der Waals surface area (Å²) in [4.78, 5) is 11.2. The Morgan fingerprint density at radius 2 is 1.96 bits per heavy atom. The number of nitrogens with zero attached hydrogens (tertiary/aromatic N) is 1. The highest BCUT2D eigenvalue weighted by Gasteiger charge is 2.50. The number of fused-ring (bicyclic) bond motifs is 5. The van der Waals surface area contributed by atoms with Gasteiger partial charge in [0.2, 0.25) is 0 Å². The lowest BCUT2D eigenvalue weighted by Crippen LogP contribution is -2.33. The fourth-order valence-electron chi connectivity index (χ4n) is 3.60. The highest BCUT2D eigenvalue weighted by molar-refractivity contribution is 6.30. The van der Waals surface area contributed by atoms with Gasteiger partial charge in [-0.25, -0.2) is 0 Å². The predicted octanol–water partition coefficient (Wildman–Crippen LogP) is 3.45. The van der Waals surface area contributed by atoms with Crippen LogP contribution in [0.4, 0.5) is 0 Å². The van der Waals surface area contributed by atoms with Gasteiger partial charge in [0, 0.05) is 42.1 Å². The molecule has 1 saturated heterocycles. The molecule has 0 radical (unpaired) electrons. The van der Waals surface area contributed by atoms with E-state index in [1.54, 1.807) is 6.07 Å². The lowest BCUT2D eigenvalue weighted by Gasteiger charge is -2.28. The van der Waals surface area contributed by atoms with Gasteiger partial charge in [-0.3, -0.25) is 4.79 Å². The zero-order valence-corrected chi connectivity index (χ0v) is 14.8. The van der Waals surface area contributed by atoms with Gasteiger partial charge in [0.15, 0.2) is 0 Å². The van der Waals surface area contributed by atoms with Crippen molar-refractivity contribution in [3.63, 3.8) is 0 Å². The van der Waals surface area contributed by atoms with Crippen molar-refractivity contribution in [2.45, 2.75) is 18.4 Å². The van der Waals surface area contributed by atoms with E-state index in [0.29, 0.717) is 17.3 Å². The summed E-state index contributed by atoms with van der Waals surface area (Å²) in [5.74, 6) is 0.619.